The third-order valence-corrected chi connectivity index (χ3v) is 6.78. The minimum atomic E-state index is -1.07. The molecule has 0 amide bonds. The van der Waals surface area contributed by atoms with Crippen molar-refractivity contribution in [2.45, 2.75) is 4.90 Å². The highest BCUT2D eigenvalue weighted by molar-refractivity contribution is 7.84. The van der Waals surface area contributed by atoms with Crippen molar-refractivity contribution in [3.8, 4) is 33.9 Å². The predicted molar refractivity (Wildman–Crippen MR) is 129 cm³/mol. The van der Waals surface area contributed by atoms with E-state index >= 15 is 0 Å². The molecular formula is C25H21FN4O2S. The lowest BCUT2D eigenvalue weighted by atomic mass is 10.0. The zero-order chi connectivity index (χ0) is 23.3. The first-order valence-corrected chi connectivity index (χ1v) is 11.8. The van der Waals surface area contributed by atoms with E-state index < -0.39 is 10.8 Å². The second kappa shape index (κ2) is 7.97. The summed E-state index contributed by atoms with van der Waals surface area (Å²) in [5, 5.41) is 0. The summed E-state index contributed by atoms with van der Waals surface area (Å²) in [6.45, 7) is 0. The average molecular weight is 461 g/mol. The Morgan fingerprint density at radius 2 is 1.45 bits per heavy atom. The number of benzene rings is 3. The third-order valence-electron chi connectivity index (χ3n) is 5.84. The minimum Gasteiger partial charge on any atom is -0.337 e. The number of aromatic amines is 1. The Bertz CT molecular complexity index is 1580. The van der Waals surface area contributed by atoms with Gasteiger partial charge in [-0.1, -0.05) is 18.2 Å². The molecule has 0 aliphatic rings. The van der Waals surface area contributed by atoms with Crippen molar-refractivity contribution in [2.24, 2.45) is 14.1 Å². The number of H-pyrrole nitrogens is 1. The summed E-state index contributed by atoms with van der Waals surface area (Å²) in [4.78, 5) is 21.4. The van der Waals surface area contributed by atoms with E-state index in [1.807, 2.05) is 42.5 Å². The molecule has 0 fully saturated rings. The van der Waals surface area contributed by atoms with Gasteiger partial charge in [0.05, 0.1) is 22.4 Å². The fraction of sp³-hybridized carbons (Fsp3) is 0.120. The molecule has 2 aromatic heterocycles. The maximum atomic E-state index is 13.6. The third kappa shape index (κ3) is 3.62. The SMILES string of the molecule is Cn1c(=O)n(C)c2cc(-c3nc(-c4ccc(S(C)=O)cc4)[nH]c3-c3ccc(F)cc3)ccc21. The number of hydrogen-bond acceptors (Lipinski definition) is 3. The van der Waals surface area contributed by atoms with Gasteiger partial charge in [-0.05, 0) is 48.5 Å². The molecule has 0 bridgehead atoms. The van der Waals surface area contributed by atoms with Crippen LogP contribution in [0.1, 0.15) is 0 Å². The standard InChI is InChI=1S/C25H21FN4O2S/c1-29-20-13-8-17(14-21(20)30(2)25(29)31)23-22(15-4-9-18(26)10-5-15)27-24(28-23)16-6-11-19(12-7-16)33(3)32/h4-14H,1-3H3,(H,27,28). The summed E-state index contributed by atoms with van der Waals surface area (Å²) in [6.07, 6.45) is 1.64. The summed E-state index contributed by atoms with van der Waals surface area (Å²) >= 11 is 0. The number of fused-ring (bicyclic) bond motifs is 1. The number of imidazole rings is 2. The molecule has 0 aliphatic heterocycles. The molecule has 5 aromatic rings. The Balaban J connectivity index is 1.71. The lowest BCUT2D eigenvalue weighted by Crippen LogP contribution is -2.19. The van der Waals surface area contributed by atoms with Crippen LogP contribution in [0.3, 0.4) is 0 Å². The Morgan fingerprint density at radius 1 is 0.848 bits per heavy atom. The molecule has 0 saturated heterocycles. The van der Waals surface area contributed by atoms with Gasteiger partial charge in [0.25, 0.3) is 0 Å². The lowest BCUT2D eigenvalue weighted by molar-refractivity contribution is 0.628. The van der Waals surface area contributed by atoms with Gasteiger partial charge in [0.2, 0.25) is 0 Å². The van der Waals surface area contributed by atoms with Gasteiger partial charge in [-0.2, -0.15) is 0 Å². The maximum absolute atomic E-state index is 13.6. The van der Waals surface area contributed by atoms with Crippen LogP contribution >= 0.6 is 0 Å². The number of nitrogens with zero attached hydrogens (tertiary/aromatic N) is 3. The normalized spacial score (nSPS) is 12.4. The maximum Gasteiger partial charge on any atom is 0.328 e. The number of rotatable bonds is 4. The van der Waals surface area contributed by atoms with Gasteiger partial charge in [-0.15, -0.1) is 0 Å². The fourth-order valence-electron chi connectivity index (χ4n) is 4.00. The van der Waals surface area contributed by atoms with Crippen LogP contribution in [0.2, 0.25) is 0 Å². The molecule has 1 N–H and O–H groups in total. The van der Waals surface area contributed by atoms with E-state index in [0.717, 1.165) is 38.3 Å². The van der Waals surface area contributed by atoms with Crippen molar-refractivity contribution >= 4 is 21.8 Å². The quantitative estimate of drug-likeness (QED) is 0.430. The van der Waals surface area contributed by atoms with Gasteiger partial charge < -0.3 is 4.98 Å². The number of hydrogen-bond donors (Lipinski definition) is 1. The van der Waals surface area contributed by atoms with Crippen molar-refractivity contribution in [1.29, 1.82) is 0 Å². The average Bonchev–Trinajstić information content (AvgIpc) is 3.36. The highest BCUT2D eigenvalue weighted by atomic mass is 32.2. The molecule has 5 rings (SSSR count). The van der Waals surface area contributed by atoms with Gasteiger partial charge in [0.1, 0.15) is 11.6 Å². The molecule has 3 aromatic carbocycles. The van der Waals surface area contributed by atoms with Crippen molar-refractivity contribution < 1.29 is 8.60 Å². The van der Waals surface area contributed by atoms with E-state index in [1.54, 1.807) is 41.6 Å². The van der Waals surface area contributed by atoms with Crippen molar-refractivity contribution in [1.82, 2.24) is 19.1 Å². The molecule has 0 aliphatic carbocycles. The van der Waals surface area contributed by atoms with E-state index in [2.05, 4.69) is 4.98 Å². The highest BCUT2D eigenvalue weighted by Crippen LogP contribution is 2.34. The molecule has 33 heavy (non-hydrogen) atoms. The minimum absolute atomic E-state index is 0.1000. The van der Waals surface area contributed by atoms with Crippen LogP contribution in [0.4, 0.5) is 4.39 Å². The van der Waals surface area contributed by atoms with E-state index in [0.29, 0.717) is 11.5 Å². The number of halogens is 1. The summed E-state index contributed by atoms with van der Waals surface area (Å²) in [7, 11) is 2.42. The van der Waals surface area contributed by atoms with Gasteiger partial charge in [-0.25, -0.2) is 14.2 Å². The molecule has 0 saturated carbocycles. The number of aromatic nitrogens is 4. The van der Waals surface area contributed by atoms with Crippen LogP contribution in [0.15, 0.2) is 76.4 Å². The largest absolute Gasteiger partial charge is 0.337 e. The van der Waals surface area contributed by atoms with E-state index in [-0.39, 0.29) is 11.5 Å². The van der Waals surface area contributed by atoms with E-state index in [1.165, 1.54) is 12.1 Å². The smallest absolute Gasteiger partial charge is 0.328 e. The Kier molecular flexibility index (Phi) is 5.09. The van der Waals surface area contributed by atoms with Crippen LogP contribution in [0.5, 0.6) is 0 Å². The molecule has 8 heteroatoms. The second-order valence-electron chi connectivity index (χ2n) is 7.90. The molecule has 166 valence electrons. The molecule has 0 spiro atoms. The summed E-state index contributed by atoms with van der Waals surface area (Å²) in [5.41, 5.74) is 5.42. The molecular weight excluding hydrogens is 439 g/mol. The van der Waals surface area contributed by atoms with Gasteiger partial charge >= 0.3 is 5.69 Å². The summed E-state index contributed by atoms with van der Waals surface area (Å²) in [6, 6.07) is 19.4. The van der Waals surface area contributed by atoms with E-state index in [4.69, 9.17) is 4.98 Å². The summed E-state index contributed by atoms with van der Waals surface area (Å²) < 4.78 is 28.5. The van der Waals surface area contributed by atoms with Crippen LogP contribution in [0.25, 0.3) is 44.9 Å². The van der Waals surface area contributed by atoms with Crippen LogP contribution in [-0.2, 0) is 24.9 Å². The van der Waals surface area contributed by atoms with Gasteiger partial charge in [0, 0.05) is 52.7 Å². The highest BCUT2D eigenvalue weighted by Gasteiger charge is 2.17. The molecule has 1 unspecified atom stereocenters. The number of nitrogens with one attached hydrogen (secondary N) is 1. The molecule has 2 heterocycles. The van der Waals surface area contributed by atoms with E-state index in [9.17, 15) is 13.4 Å². The first kappa shape index (κ1) is 21.1. The van der Waals surface area contributed by atoms with Crippen molar-refractivity contribution in [3.63, 3.8) is 0 Å². The summed E-state index contributed by atoms with van der Waals surface area (Å²) in [5.74, 6) is 0.323. The van der Waals surface area contributed by atoms with Crippen LogP contribution in [-0.4, -0.2) is 29.6 Å². The topological polar surface area (TPSA) is 72.7 Å². The van der Waals surface area contributed by atoms with Crippen molar-refractivity contribution in [3.05, 3.63) is 83.0 Å². The Labute approximate surface area is 191 Å². The monoisotopic (exact) mass is 460 g/mol. The van der Waals surface area contributed by atoms with Gasteiger partial charge in [-0.3, -0.25) is 13.3 Å². The van der Waals surface area contributed by atoms with Gasteiger partial charge in [0.15, 0.2) is 0 Å². The van der Waals surface area contributed by atoms with Crippen LogP contribution < -0.4 is 5.69 Å². The predicted octanol–water partition coefficient (Wildman–Crippen LogP) is 4.48. The van der Waals surface area contributed by atoms with Crippen molar-refractivity contribution in [2.75, 3.05) is 6.26 Å². The van der Waals surface area contributed by atoms with Crippen LogP contribution in [0, 0.1) is 5.82 Å². The zero-order valence-corrected chi connectivity index (χ0v) is 19.1. The number of aryl methyl sites for hydroxylation is 2. The Morgan fingerprint density at radius 3 is 2.12 bits per heavy atom. The second-order valence-corrected chi connectivity index (χ2v) is 9.28. The first-order valence-electron chi connectivity index (χ1n) is 10.3. The fourth-order valence-corrected chi connectivity index (χ4v) is 4.52. The molecule has 1 atom stereocenters. The molecule has 6 nitrogen and oxygen atoms in total. The first-order chi connectivity index (χ1) is 15.8. The zero-order valence-electron chi connectivity index (χ0n) is 18.3. The lowest BCUT2D eigenvalue weighted by Gasteiger charge is -2.05. The molecule has 0 radical (unpaired) electrons. The Hall–Kier alpha value is -3.78.